The zero-order valence-corrected chi connectivity index (χ0v) is 39.8. The average molecular weight is 859 g/mol. The van der Waals surface area contributed by atoms with Crippen molar-refractivity contribution in [2.45, 2.75) is 213 Å². The van der Waals surface area contributed by atoms with E-state index in [9.17, 15) is 14.4 Å². The van der Waals surface area contributed by atoms with Gasteiger partial charge in [0.05, 0.1) is 6.42 Å². The van der Waals surface area contributed by atoms with Gasteiger partial charge in [-0.05, 0) is 83.5 Å². The largest absolute Gasteiger partial charge is 0.462 e. The highest BCUT2D eigenvalue weighted by molar-refractivity contribution is 5.72. The van der Waals surface area contributed by atoms with Crippen LogP contribution in [-0.4, -0.2) is 37.2 Å². The molecular weight excluding hydrogens is 769 g/mol. The van der Waals surface area contributed by atoms with Crippen LogP contribution in [0.1, 0.15) is 207 Å². The lowest BCUT2D eigenvalue weighted by molar-refractivity contribution is -0.166. The summed E-state index contributed by atoms with van der Waals surface area (Å²) in [5.74, 6) is -1.08. The van der Waals surface area contributed by atoms with Gasteiger partial charge in [-0.15, -0.1) is 0 Å². The quantitative estimate of drug-likeness (QED) is 0.0263. The molecule has 0 aliphatic rings. The number of carbonyl (C=O) groups is 3. The van der Waals surface area contributed by atoms with Crippen LogP contribution in [0.4, 0.5) is 0 Å². The van der Waals surface area contributed by atoms with Gasteiger partial charge in [-0.3, -0.25) is 14.4 Å². The summed E-state index contributed by atoms with van der Waals surface area (Å²) < 4.78 is 16.6. The Bertz CT molecular complexity index is 1310. The van der Waals surface area contributed by atoms with E-state index < -0.39 is 12.1 Å². The summed E-state index contributed by atoms with van der Waals surface area (Å²) in [5.41, 5.74) is 0. The smallest absolute Gasteiger partial charge is 0.310 e. The molecule has 0 aliphatic carbocycles. The molecule has 6 heteroatoms. The standard InChI is InChI=1S/C56H90O6/c1-4-7-10-13-16-19-22-24-26-27-28-29-31-32-34-37-40-43-46-49-55(58)61-52-53(51-60-54(57)48-45-42-39-36-21-18-15-12-9-6-3)62-56(59)50-47-44-41-38-35-33-30-25-23-20-17-14-11-8-5-2/h7-8,10-11,16-17,19-20,24-26,28-30,35,38,44,47,53H,4-6,9,12-15,18,21-23,27,31-34,36-37,39-43,45-46,48-52H2,1-3H3/b10-7-,11-8-,19-16-,20-17-,26-24-,29-28-,30-25-,38-35-,47-44-. The van der Waals surface area contributed by atoms with Crippen LogP contribution in [0.25, 0.3) is 0 Å². The Balaban J connectivity index is 4.50. The van der Waals surface area contributed by atoms with Gasteiger partial charge in [-0.2, -0.15) is 0 Å². The van der Waals surface area contributed by atoms with Crippen LogP contribution in [0.3, 0.4) is 0 Å². The molecule has 1 atom stereocenters. The molecule has 0 aromatic rings. The third-order valence-electron chi connectivity index (χ3n) is 10.1. The minimum Gasteiger partial charge on any atom is -0.462 e. The van der Waals surface area contributed by atoms with Crippen molar-refractivity contribution in [2.75, 3.05) is 13.2 Å². The first kappa shape index (κ1) is 58.1. The summed E-state index contributed by atoms with van der Waals surface area (Å²) in [6.07, 6.45) is 66.7. The SMILES string of the molecule is CC/C=C\C/C=C\C/C=C\C/C=C\C/C=C\CC(=O)OC(COC(=O)CCCCCCCC/C=C\C/C=C\C/C=C\C/C=C\CC)COC(=O)CCCCCCCCCCCC. The Morgan fingerprint density at radius 1 is 0.355 bits per heavy atom. The molecule has 1 unspecified atom stereocenters. The number of hydrogen-bond donors (Lipinski definition) is 0. The summed E-state index contributed by atoms with van der Waals surface area (Å²) in [7, 11) is 0. The summed E-state index contributed by atoms with van der Waals surface area (Å²) in [6, 6.07) is 0. The van der Waals surface area contributed by atoms with E-state index in [1.54, 1.807) is 6.08 Å². The van der Waals surface area contributed by atoms with Gasteiger partial charge in [0.25, 0.3) is 0 Å². The maximum absolute atomic E-state index is 12.7. The second kappa shape index (κ2) is 49.7. The fraction of sp³-hybridized carbons (Fsp3) is 0.625. The van der Waals surface area contributed by atoms with E-state index in [1.807, 2.05) is 6.08 Å². The first-order valence-corrected chi connectivity index (χ1v) is 24.9. The van der Waals surface area contributed by atoms with E-state index in [0.717, 1.165) is 103 Å². The number of unbranched alkanes of at least 4 members (excludes halogenated alkanes) is 15. The van der Waals surface area contributed by atoms with Crippen LogP contribution < -0.4 is 0 Å². The molecule has 0 fully saturated rings. The van der Waals surface area contributed by atoms with Crippen LogP contribution in [0.15, 0.2) is 109 Å². The molecule has 0 spiro atoms. The third-order valence-corrected chi connectivity index (χ3v) is 10.1. The number of rotatable bonds is 43. The molecule has 0 N–H and O–H groups in total. The third kappa shape index (κ3) is 47.1. The van der Waals surface area contributed by atoms with Gasteiger partial charge in [-0.1, -0.05) is 214 Å². The molecule has 0 heterocycles. The molecule has 0 radical (unpaired) electrons. The maximum atomic E-state index is 12.7. The van der Waals surface area contributed by atoms with E-state index in [4.69, 9.17) is 14.2 Å². The van der Waals surface area contributed by atoms with Gasteiger partial charge in [0, 0.05) is 12.8 Å². The average Bonchev–Trinajstić information content (AvgIpc) is 3.27. The van der Waals surface area contributed by atoms with Crippen molar-refractivity contribution < 1.29 is 28.6 Å². The Kier molecular flexibility index (Phi) is 46.6. The minimum atomic E-state index is -0.837. The first-order valence-electron chi connectivity index (χ1n) is 24.9. The number of hydrogen-bond acceptors (Lipinski definition) is 6. The van der Waals surface area contributed by atoms with Crippen molar-refractivity contribution in [3.63, 3.8) is 0 Å². The lowest BCUT2D eigenvalue weighted by Crippen LogP contribution is -2.30. The highest BCUT2D eigenvalue weighted by Crippen LogP contribution is 2.13. The van der Waals surface area contributed by atoms with Crippen molar-refractivity contribution in [3.05, 3.63) is 109 Å². The lowest BCUT2D eigenvalue weighted by Gasteiger charge is -2.18. The molecule has 0 aromatic carbocycles. The van der Waals surface area contributed by atoms with Gasteiger partial charge in [0.1, 0.15) is 13.2 Å². The summed E-state index contributed by atoms with van der Waals surface area (Å²) in [4.78, 5) is 37.8. The fourth-order valence-electron chi connectivity index (χ4n) is 6.39. The second-order valence-corrected chi connectivity index (χ2v) is 16.0. The van der Waals surface area contributed by atoms with Crippen LogP contribution in [0.2, 0.25) is 0 Å². The molecule has 0 bridgehead atoms. The predicted octanol–water partition coefficient (Wildman–Crippen LogP) is 16.4. The number of allylic oxidation sites excluding steroid dienone is 17. The van der Waals surface area contributed by atoms with Crippen LogP contribution >= 0.6 is 0 Å². The topological polar surface area (TPSA) is 78.9 Å². The van der Waals surface area contributed by atoms with E-state index in [0.29, 0.717) is 19.3 Å². The van der Waals surface area contributed by atoms with Crippen molar-refractivity contribution in [1.82, 2.24) is 0 Å². The number of carbonyl (C=O) groups excluding carboxylic acids is 3. The molecule has 0 aliphatic heterocycles. The van der Waals surface area contributed by atoms with E-state index in [-0.39, 0.29) is 31.6 Å². The highest BCUT2D eigenvalue weighted by atomic mass is 16.6. The summed E-state index contributed by atoms with van der Waals surface area (Å²) in [6.45, 7) is 6.28. The molecule has 62 heavy (non-hydrogen) atoms. The van der Waals surface area contributed by atoms with Crippen molar-refractivity contribution >= 4 is 17.9 Å². The number of esters is 3. The fourth-order valence-corrected chi connectivity index (χ4v) is 6.39. The molecule has 350 valence electrons. The van der Waals surface area contributed by atoms with Crippen molar-refractivity contribution in [3.8, 4) is 0 Å². The van der Waals surface area contributed by atoms with Gasteiger partial charge in [0.15, 0.2) is 6.10 Å². The zero-order chi connectivity index (χ0) is 45.1. The molecular formula is C56H90O6. The number of ether oxygens (including phenoxy) is 3. The molecule has 0 saturated heterocycles. The van der Waals surface area contributed by atoms with Crippen molar-refractivity contribution in [1.29, 1.82) is 0 Å². The van der Waals surface area contributed by atoms with Crippen LogP contribution in [-0.2, 0) is 28.6 Å². The van der Waals surface area contributed by atoms with Gasteiger partial charge in [0.2, 0.25) is 0 Å². The van der Waals surface area contributed by atoms with E-state index in [1.165, 1.54) is 57.8 Å². The van der Waals surface area contributed by atoms with E-state index in [2.05, 4.69) is 118 Å². The second-order valence-electron chi connectivity index (χ2n) is 16.0. The summed E-state index contributed by atoms with van der Waals surface area (Å²) in [5, 5.41) is 0. The normalized spacial score (nSPS) is 13.0. The van der Waals surface area contributed by atoms with Crippen molar-refractivity contribution in [2.24, 2.45) is 0 Å². The zero-order valence-electron chi connectivity index (χ0n) is 39.8. The molecule has 0 rings (SSSR count). The Labute approximate surface area is 380 Å². The van der Waals surface area contributed by atoms with Crippen LogP contribution in [0.5, 0.6) is 0 Å². The molecule has 0 saturated carbocycles. The molecule has 6 nitrogen and oxygen atoms in total. The summed E-state index contributed by atoms with van der Waals surface area (Å²) >= 11 is 0. The molecule has 0 amide bonds. The first-order chi connectivity index (χ1) is 30.5. The molecule has 0 aromatic heterocycles. The van der Waals surface area contributed by atoms with Gasteiger partial charge < -0.3 is 14.2 Å². The minimum absolute atomic E-state index is 0.0912. The Morgan fingerprint density at radius 3 is 1.06 bits per heavy atom. The van der Waals surface area contributed by atoms with E-state index >= 15 is 0 Å². The predicted molar refractivity (Wildman–Crippen MR) is 265 cm³/mol. The highest BCUT2D eigenvalue weighted by Gasteiger charge is 2.19. The Hall–Kier alpha value is -3.93. The van der Waals surface area contributed by atoms with Crippen LogP contribution in [0, 0.1) is 0 Å². The van der Waals surface area contributed by atoms with Gasteiger partial charge >= 0.3 is 17.9 Å². The maximum Gasteiger partial charge on any atom is 0.310 e. The lowest BCUT2D eigenvalue weighted by atomic mass is 10.1. The Morgan fingerprint density at radius 2 is 0.677 bits per heavy atom. The van der Waals surface area contributed by atoms with Gasteiger partial charge in [-0.25, -0.2) is 0 Å². The monoisotopic (exact) mass is 859 g/mol.